The lowest BCUT2D eigenvalue weighted by atomic mass is 10.3. The molecule has 6 nitrogen and oxygen atoms in total. The summed E-state index contributed by atoms with van der Waals surface area (Å²) in [5, 5.41) is 0. The van der Waals surface area contributed by atoms with Gasteiger partial charge in [0.15, 0.2) is 0 Å². The van der Waals surface area contributed by atoms with Crippen molar-refractivity contribution in [2.24, 2.45) is 0 Å². The number of ether oxygens (including phenoxy) is 3. The summed E-state index contributed by atoms with van der Waals surface area (Å²) in [4.78, 5) is 15.8. The molecule has 0 atom stereocenters. The molecule has 0 spiro atoms. The second-order valence-corrected chi connectivity index (χ2v) is 4.34. The number of carbonyl (C=O) groups excluding carboxylic acids is 1. The van der Waals surface area contributed by atoms with E-state index in [1.165, 1.54) is 0 Å². The smallest absolute Gasteiger partial charge is 0.248 e. The molecule has 0 radical (unpaired) electrons. The van der Waals surface area contributed by atoms with Crippen LogP contribution in [0.2, 0.25) is 0 Å². The molecule has 1 aliphatic rings. The highest BCUT2D eigenvalue weighted by Gasteiger charge is 2.18. The van der Waals surface area contributed by atoms with Gasteiger partial charge < -0.3 is 24.0 Å². The molecule has 6 heteroatoms. The van der Waals surface area contributed by atoms with Gasteiger partial charge in [0.05, 0.1) is 26.4 Å². The predicted molar refractivity (Wildman–Crippen MR) is 67.6 cm³/mol. The molecule has 0 aromatic carbocycles. The zero-order chi connectivity index (χ0) is 13.2. The molecule has 1 aliphatic heterocycles. The fourth-order valence-electron chi connectivity index (χ4n) is 1.67. The first-order valence-electron chi connectivity index (χ1n) is 6.35. The van der Waals surface area contributed by atoms with Crippen LogP contribution in [0, 0.1) is 0 Å². The molecular formula is C12H24N2O4. The van der Waals surface area contributed by atoms with E-state index in [1.807, 2.05) is 4.90 Å². The third-order valence-electron chi connectivity index (χ3n) is 2.89. The van der Waals surface area contributed by atoms with Crippen LogP contribution in [0.5, 0.6) is 0 Å². The summed E-state index contributed by atoms with van der Waals surface area (Å²) in [7, 11) is 3.70. The van der Waals surface area contributed by atoms with Crippen molar-refractivity contribution in [2.45, 2.75) is 0 Å². The summed E-state index contributed by atoms with van der Waals surface area (Å²) in [6.45, 7) is 5.70. The van der Waals surface area contributed by atoms with Crippen molar-refractivity contribution >= 4 is 5.91 Å². The second-order valence-electron chi connectivity index (χ2n) is 4.34. The average Bonchev–Trinajstić information content (AvgIpc) is 2.38. The number of amides is 1. The van der Waals surface area contributed by atoms with Gasteiger partial charge in [0.2, 0.25) is 5.91 Å². The summed E-state index contributed by atoms with van der Waals surface area (Å²) >= 11 is 0. The topological polar surface area (TPSA) is 51.2 Å². The van der Waals surface area contributed by atoms with Crippen LogP contribution in [0.25, 0.3) is 0 Å². The molecule has 1 saturated heterocycles. The summed E-state index contributed by atoms with van der Waals surface area (Å²) in [6.07, 6.45) is 0. The zero-order valence-electron chi connectivity index (χ0n) is 11.4. The van der Waals surface area contributed by atoms with E-state index in [0.29, 0.717) is 26.4 Å². The SMILES string of the molecule is COCCOCCOCC(=O)N1CCN(C)CC1. The number of hydrogen-bond donors (Lipinski definition) is 0. The number of methoxy groups -OCH3 is 1. The fraction of sp³-hybridized carbons (Fsp3) is 0.917. The molecular weight excluding hydrogens is 236 g/mol. The van der Waals surface area contributed by atoms with Crippen molar-refractivity contribution in [3.63, 3.8) is 0 Å². The first kappa shape index (κ1) is 15.4. The normalized spacial score (nSPS) is 17.1. The molecule has 1 heterocycles. The van der Waals surface area contributed by atoms with E-state index in [2.05, 4.69) is 11.9 Å². The van der Waals surface area contributed by atoms with Gasteiger partial charge in [-0.1, -0.05) is 0 Å². The first-order chi connectivity index (χ1) is 8.74. The van der Waals surface area contributed by atoms with E-state index in [1.54, 1.807) is 7.11 Å². The first-order valence-corrected chi connectivity index (χ1v) is 6.35. The van der Waals surface area contributed by atoms with Crippen molar-refractivity contribution in [1.29, 1.82) is 0 Å². The number of rotatable bonds is 8. The summed E-state index contributed by atoms with van der Waals surface area (Å²) in [5.74, 6) is 0.0694. The lowest BCUT2D eigenvalue weighted by Gasteiger charge is -2.32. The Morgan fingerprint density at radius 2 is 1.61 bits per heavy atom. The molecule has 0 aromatic rings. The largest absolute Gasteiger partial charge is 0.382 e. The molecule has 0 N–H and O–H groups in total. The highest BCUT2D eigenvalue weighted by molar-refractivity contribution is 5.77. The second kappa shape index (κ2) is 9.27. The molecule has 0 unspecified atom stereocenters. The summed E-state index contributed by atoms with van der Waals surface area (Å²) in [5.41, 5.74) is 0. The fourth-order valence-corrected chi connectivity index (χ4v) is 1.67. The van der Waals surface area contributed by atoms with E-state index in [9.17, 15) is 4.79 Å². The third-order valence-corrected chi connectivity index (χ3v) is 2.89. The van der Waals surface area contributed by atoms with Crippen LogP contribution >= 0.6 is 0 Å². The lowest BCUT2D eigenvalue weighted by Crippen LogP contribution is -2.48. The molecule has 1 fully saturated rings. The van der Waals surface area contributed by atoms with Crippen LogP contribution in [-0.2, 0) is 19.0 Å². The van der Waals surface area contributed by atoms with E-state index >= 15 is 0 Å². The van der Waals surface area contributed by atoms with Crippen LogP contribution in [-0.4, -0.2) is 89.1 Å². The number of likely N-dealkylation sites (N-methyl/N-ethyl adjacent to an activating group) is 1. The Morgan fingerprint density at radius 1 is 1.00 bits per heavy atom. The minimum absolute atomic E-state index is 0.0694. The maximum atomic E-state index is 11.8. The van der Waals surface area contributed by atoms with Gasteiger partial charge >= 0.3 is 0 Å². The van der Waals surface area contributed by atoms with Gasteiger partial charge in [0.25, 0.3) is 0 Å². The van der Waals surface area contributed by atoms with Crippen molar-refractivity contribution in [3.8, 4) is 0 Å². The molecule has 18 heavy (non-hydrogen) atoms. The Kier molecular flexibility index (Phi) is 7.91. The Balaban J connectivity index is 1.96. The average molecular weight is 260 g/mol. The Hall–Kier alpha value is -0.690. The van der Waals surface area contributed by atoms with Gasteiger partial charge in [-0.25, -0.2) is 0 Å². The van der Waals surface area contributed by atoms with Gasteiger partial charge in [-0.15, -0.1) is 0 Å². The van der Waals surface area contributed by atoms with Crippen LogP contribution in [0.1, 0.15) is 0 Å². The van der Waals surface area contributed by atoms with Crippen LogP contribution < -0.4 is 0 Å². The molecule has 0 aromatic heterocycles. The third kappa shape index (κ3) is 6.30. The molecule has 1 amide bonds. The molecule has 0 saturated carbocycles. The number of carbonyl (C=O) groups is 1. The molecule has 0 aliphatic carbocycles. The highest BCUT2D eigenvalue weighted by atomic mass is 16.5. The van der Waals surface area contributed by atoms with Crippen LogP contribution in [0.4, 0.5) is 0 Å². The van der Waals surface area contributed by atoms with E-state index < -0.39 is 0 Å². The minimum atomic E-state index is 0.0694. The molecule has 0 bridgehead atoms. The Morgan fingerprint density at radius 3 is 2.28 bits per heavy atom. The van der Waals surface area contributed by atoms with E-state index in [4.69, 9.17) is 14.2 Å². The van der Waals surface area contributed by atoms with Gasteiger partial charge in [0.1, 0.15) is 6.61 Å². The summed E-state index contributed by atoms with van der Waals surface area (Å²) in [6, 6.07) is 0. The Labute approximate surface area is 109 Å². The number of hydrogen-bond acceptors (Lipinski definition) is 5. The van der Waals surface area contributed by atoms with E-state index in [0.717, 1.165) is 26.2 Å². The number of piperazine rings is 1. The predicted octanol–water partition coefficient (Wildman–Crippen LogP) is -0.560. The zero-order valence-corrected chi connectivity index (χ0v) is 11.4. The monoisotopic (exact) mass is 260 g/mol. The maximum Gasteiger partial charge on any atom is 0.248 e. The van der Waals surface area contributed by atoms with Gasteiger partial charge in [0, 0.05) is 33.3 Å². The lowest BCUT2D eigenvalue weighted by molar-refractivity contribution is -0.138. The molecule has 106 valence electrons. The van der Waals surface area contributed by atoms with Crippen molar-refractivity contribution < 1.29 is 19.0 Å². The Bertz CT molecular complexity index is 230. The molecule has 1 rings (SSSR count). The van der Waals surface area contributed by atoms with E-state index in [-0.39, 0.29) is 12.5 Å². The van der Waals surface area contributed by atoms with Gasteiger partial charge in [-0.05, 0) is 7.05 Å². The van der Waals surface area contributed by atoms with Crippen molar-refractivity contribution in [2.75, 3.05) is 73.4 Å². The quantitative estimate of drug-likeness (QED) is 0.548. The minimum Gasteiger partial charge on any atom is -0.382 e. The number of nitrogens with zero attached hydrogens (tertiary/aromatic N) is 2. The highest BCUT2D eigenvalue weighted by Crippen LogP contribution is 1.99. The van der Waals surface area contributed by atoms with Gasteiger partial charge in [-0.3, -0.25) is 4.79 Å². The summed E-state index contributed by atoms with van der Waals surface area (Å²) < 4.78 is 15.4. The van der Waals surface area contributed by atoms with Crippen molar-refractivity contribution in [1.82, 2.24) is 9.80 Å². The van der Waals surface area contributed by atoms with Crippen LogP contribution in [0.15, 0.2) is 0 Å². The van der Waals surface area contributed by atoms with Crippen LogP contribution in [0.3, 0.4) is 0 Å². The maximum absolute atomic E-state index is 11.8. The van der Waals surface area contributed by atoms with Crippen molar-refractivity contribution in [3.05, 3.63) is 0 Å². The van der Waals surface area contributed by atoms with Gasteiger partial charge in [-0.2, -0.15) is 0 Å². The standard InChI is InChI=1S/C12H24N2O4/c1-13-3-5-14(6-4-13)12(15)11-18-10-9-17-8-7-16-2/h3-11H2,1-2H3.